The quantitative estimate of drug-likeness (QED) is 0.437. The van der Waals surface area contributed by atoms with Crippen molar-refractivity contribution in [1.82, 2.24) is 5.32 Å². The zero-order chi connectivity index (χ0) is 10.8. The molecular weight excluding hydrogens is 188 g/mol. The molecule has 0 unspecified atom stereocenters. The number of amides is 1. The summed E-state index contributed by atoms with van der Waals surface area (Å²) in [6, 6.07) is 0. The van der Waals surface area contributed by atoms with E-state index in [-0.39, 0.29) is 18.7 Å². The molecule has 6 nitrogen and oxygen atoms in total. The lowest BCUT2D eigenvalue weighted by Gasteiger charge is -2.04. The normalized spacial score (nSPS) is 9.79. The van der Waals surface area contributed by atoms with Crippen LogP contribution in [0.5, 0.6) is 0 Å². The molecule has 0 aliphatic rings. The Labute approximate surface area is 82.4 Å². The van der Waals surface area contributed by atoms with Crippen molar-refractivity contribution in [3.63, 3.8) is 0 Å². The number of hydrogen-bond acceptors (Lipinski definition) is 4. The third-order valence-electron chi connectivity index (χ3n) is 1.40. The van der Waals surface area contributed by atoms with Crippen molar-refractivity contribution in [2.75, 3.05) is 26.3 Å². The van der Waals surface area contributed by atoms with Crippen molar-refractivity contribution in [2.45, 2.75) is 12.8 Å². The number of carbonyl (C=O) groups excluding carboxylic acids is 1. The van der Waals surface area contributed by atoms with Gasteiger partial charge in [0, 0.05) is 19.5 Å². The minimum Gasteiger partial charge on any atom is -0.481 e. The van der Waals surface area contributed by atoms with E-state index in [1.165, 1.54) is 0 Å². The lowest BCUT2D eigenvalue weighted by atomic mass is 10.3. The molecule has 82 valence electrons. The van der Waals surface area contributed by atoms with Gasteiger partial charge in [-0.2, -0.15) is 0 Å². The van der Waals surface area contributed by atoms with Gasteiger partial charge in [0.05, 0.1) is 19.6 Å². The number of rotatable bonds is 8. The summed E-state index contributed by atoms with van der Waals surface area (Å²) in [7, 11) is 0. The summed E-state index contributed by atoms with van der Waals surface area (Å²) >= 11 is 0. The van der Waals surface area contributed by atoms with Crippen LogP contribution in [0.2, 0.25) is 0 Å². The fourth-order valence-electron chi connectivity index (χ4n) is 0.757. The van der Waals surface area contributed by atoms with Gasteiger partial charge in [0.1, 0.15) is 0 Å². The Kier molecular flexibility index (Phi) is 7.77. The third kappa shape index (κ3) is 8.95. The smallest absolute Gasteiger partial charge is 0.303 e. The Morgan fingerprint density at radius 2 is 2.00 bits per heavy atom. The molecule has 0 fully saturated rings. The highest BCUT2D eigenvalue weighted by Gasteiger charge is 2.03. The van der Waals surface area contributed by atoms with Gasteiger partial charge in [-0.05, 0) is 0 Å². The van der Waals surface area contributed by atoms with E-state index in [1.807, 2.05) is 0 Å². The van der Waals surface area contributed by atoms with Gasteiger partial charge in [0.25, 0.3) is 0 Å². The van der Waals surface area contributed by atoms with Gasteiger partial charge in [-0.15, -0.1) is 0 Å². The minimum atomic E-state index is -0.973. The first-order valence-corrected chi connectivity index (χ1v) is 4.43. The first-order valence-electron chi connectivity index (χ1n) is 4.43. The first-order chi connectivity index (χ1) is 6.66. The second kappa shape index (κ2) is 8.46. The zero-order valence-electron chi connectivity index (χ0n) is 7.99. The van der Waals surface area contributed by atoms with Gasteiger partial charge in [-0.25, -0.2) is 0 Å². The minimum absolute atomic E-state index is 0.00617. The van der Waals surface area contributed by atoms with E-state index < -0.39 is 5.97 Å². The Balaban J connectivity index is 3.22. The average Bonchev–Trinajstić information content (AvgIpc) is 2.14. The molecule has 0 aromatic heterocycles. The summed E-state index contributed by atoms with van der Waals surface area (Å²) in [5, 5.41) is 10.8. The van der Waals surface area contributed by atoms with Crippen LogP contribution in [0, 0.1) is 0 Å². The predicted molar refractivity (Wildman–Crippen MR) is 49.8 cm³/mol. The molecule has 4 N–H and O–H groups in total. The second-order valence-corrected chi connectivity index (χ2v) is 2.64. The van der Waals surface area contributed by atoms with Crippen LogP contribution >= 0.6 is 0 Å². The molecule has 0 bridgehead atoms. The van der Waals surface area contributed by atoms with Crippen molar-refractivity contribution < 1.29 is 19.4 Å². The molecule has 6 heteroatoms. The number of carboxylic acid groups (broad SMARTS) is 1. The highest BCUT2D eigenvalue weighted by atomic mass is 16.5. The molecule has 0 aliphatic heterocycles. The molecule has 0 spiro atoms. The van der Waals surface area contributed by atoms with Crippen LogP contribution in [0.1, 0.15) is 12.8 Å². The van der Waals surface area contributed by atoms with Crippen LogP contribution in [-0.4, -0.2) is 43.3 Å². The summed E-state index contributed by atoms with van der Waals surface area (Å²) in [4.78, 5) is 21.0. The lowest BCUT2D eigenvalue weighted by molar-refractivity contribution is -0.138. The molecular formula is C8H16N2O4. The highest BCUT2D eigenvalue weighted by molar-refractivity contribution is 5.80. The molecule has 1 amide bonds. The van der Waals surface area contributed by atoms with E-state index in [4.69, 9.17) is 15.6 Å². The second-order valence-electron chi connectivity index (χ2n) is 2.64. The summed E-state index contributed by atoms with van der Waals surface area (Å²) in [6.07, 6.45) is -0.137. The predicted octanol–water partition coefficient (Wildman–Crippen LogP) is -1.06. The van der Waals surface area contributed by atoms with E-state index in [2.05, 4.69) is 5.32 Å². The number of ether oxygens (including phenoxy) is 1. The SMILES string of the molecule is NCCOCCNC(=O)CCC(=O)O. The van der Waals surface area contributed by atoms with Crippen LogP contribution < -0.4 is 11.1 Å². The van der Waals surface area contributed by atoms with Crippen molar-refractivity contribution in [2.24, 2.45) is 5.73 Å². The summed E-state index contributed by atoms with van der Waals surface area (Å²) in [5.41, 5.74) is 5.17. The Morgan fingerprint density at radius 3 is 2.57 bits per heavy atom. The zero-order valence-corrected chi connectivity index (χ0v) is 7.99. The van der Waals surface area contributed by atoms with Crippen LogP contribution in [0.4, 0.5) is 0 Å². The van der Waals surface area contributed by atoms with Crippen LogP contribution in [0.3, 0.4) is 0 Å². The number of nitrogens with two attached hydrogens (primary N) is 1. The summed E-state index contributed by atoms with van der Waals surface area (Å²) in [5.74, 6) is -1.25. The standard InChI is InChI=1S/C8H16N2O4/c9-3-5-14-6-4-10-7(11)1-2-8(12)13/h1-6,9H2,(H,10,11)(H,12,13). The fourth-order valence-corrected chi connectivity index (χ4v) is 0.757. The molecule has 0 heterocycles. The van der Waals surface area contributed by atoms with E-state index in [9.17, 15) is 9.59 Å². The molecule has 0 aromatic carbocycles. The van der Waals surface area contributed by atoms with Crippen LogP contribution in [-0.2, 0) is 14.3 Å². The topological polar surface area (TPSA) is 102 Å². The van der Waals surface area contributed by atoms with Gasteiger partial charge in [-0.1, -0.05) is 0 Å². The van der Waals surface area contributed by atoms with Crippen molar-refractivity contribution in [1.29, 1.82) is 0 Å². The van der Waals surface area contributed by atoms with Crippen molar-refractivity contribution in [3.05, 3.63) is 0 Å². The lowest BCUT2D eigenvalue weighted by Crippen LogP contribution is -2.28. The van der Waals surface area contributed by atoms with Crippen molar-refractivity contribution in [3.8, 4) is 0 Å². The third-order valence-corrected chi connectivity index (χ3v) is 1.40. The number of hydrogen-bond donors (Lipinski definition) is 3. The molecule has 14 heavy (non-hydrogen) atoms. The van der Waals surface area contributed by atoms with Gasteiger partial charge in [-0.3, -0.25) is 9.59 Å². The van der Waals surface area contributed by atoms with Gasteiger partial charge in [0.15, 0.2) is 0 Å². The maximum absolute atomic E-state index is 10.9. The summed E-state index contributed by atoms with van der Waals surface area (Å²) in [6.45, 7) is 1.70. The molecule has 0 saturated carbocycles. The maximum Gasteiger partial charge on any atom is 0.303 e. The molecule has 0 aromatic rings. The average molecular weight is 204 g/mol. The molecule has 0 aliphatic carbocycles. The van der Waals surface area contributed by atoms with Gasteiger partial charge in [0.2, 0.25) is 5.91 Å². The van der Waals surface area contributed by atoms with E-state index in [1.54, 1.807) is 0 Å². The van der Waals surface area contributed by atoms with E-state index >= 15 is 0 Å². The monoisotopic (exact) mass is 204 g/mol. The van der Waals surface area contributed by atoms with Crippen LogP contribution in [0.15, 0.2) is 0 Å². The molecule has 0 radical (unpaired) electrons. The Morgan fingerprint density at radius 1 is 1.29 bits per heavy atom. The van der Waals surface area contributed by atoms with Crippen LogP contribution in [0.25, 0.3) is 0 Å². The Bertz CT molecular complexity index is 184. The number of carboxylic acids is 1. The fraction of sp³-hybridized carbons (Fsp3) is 0.750. The first kappa shape index (κ1) is 12.9. The summed E-state index contributed by atoms with van der Waals surface area (Å²) < 4.78 is 5.00. The highest BCUT2D eigenvalue weighted by Crippen LogP contribution is 1.87. The largest absolute Gasteiger partial charge is 0.481 e. The number of aliphatic carboxylic acids is 1. The number of carbonyl (C=O) groups is 2. The molecule has 0 atom stereocenters. The Hall–Kier alpha value is -1.14. The molecule has 0 rings (SSSR count). The van der Waals surface area contributed by atoms with Crippen molar-refractivity contribution >= 4 is 11.9 Å². The van der Waals surface area contributed by atoms with Gasteiger partial charge >= 0.3 is 5.97 Å². The van der Waals surface area contributed by atoms with Gasteiger partial charge < -0.3 is 20.9 Å². The number of nitrogens with one attached hydrogen (secondary N) is 1. The van der Waals surface area contributed by atoms with E-state index in [0.29, 0.717) is 26.3 Å². The maximum atomic E-state index is 10.9. The molecule has 0 saturated heterocycles. The van der Waals surface area contributed by atoms with E-state index in [0.717, 1.165) is 0 Å².